The number of rotatable bonds is 3. The molecule has 2 saturated heterocycles. The number of halogens is 1. The van der Waals surface area contributed by atoms with E-state index in [1.54, 1.807) is 6.07 Å². The Balaban J connectivity index is 1.68. The summed E-state index contributed by atoms with van der Waals surface area (Å²) in [6.45, 7) is 3.94. The van der Waals surface area contributed by atoms with Crippen LogP contribution in [0.1, 0.15) is 10.4 Å². The van der Waals surface area contributed by atoms with E-state index in [0.29, 0.717) is 50.6 Å². The highest BCUT2D eigenvalue weighted by molar-refractivity contribution is 5.90. The van der Waals surface area contributed by atoms with Gasteiger partial charge < -0.3 is 19.1 Å². The first-order valence-electron chi connectivity index (χ1n) is 7.29. The van der Waals surface area contributed by atoms with Gasteiger partial charge in [0.15, 0.2) is 0 Å². The quantitative estimate of drug-likeness (QED) is 0.778. The van der Waals surface area contributed by atoms with Gasteiger partial charge in [0.2, 0.25) is 6.41 Å². The first kappa shape index (κ1) is 15.2. The fourth-order valence-electron chi connectivity index (χ4n) is 2.73. The van der Waals surface area contributed by atoms with Crippen molar-refractivity contribution in [3.63, 3.8) is 0 Å². The molecule has 120 valence electrons. The Morgan fingerprint density at radius 1 is 1.23 bits per heavy atom. The van der Waals surface area contributed by atoms with E-state index >= 15 is 0 Å². The van der Waals surface area contributed by atoms with Crippen molar-refractivity contribution in [3.05, 3.63) is 29.6 Å². The van der Waals surface area contributed by atoms with Crippen LogP contribution in [-0.4, -0.2) is 63.8 Å². The zero-order valence-corrected chi connectivity index (χ0v) is 12.5. The number of nitrogens with zero attached hydrogens (tertiary/aromatic N) is 2. The van der Waals surface area contributed by atoms with Gasteiger partial charge in [0, 0.05) is 26.2 Å². The molecule has 0 atom stereocenters. The van der Waals surface area contributed by atoms with Crippen molar-refractivity contribution in [1.29, 1.82) is 0 Å². The van der Waals surface area contributed by atoms with Gasteiger partial charge in [0.25, 0.3) is 0 Å². The molecule has 0 spiro atoms. The summed E-state index contributed by atoms with van der Waals surface area (Å²) in [4.78, 5) is 15.6. The highest BCUT2D eigenvalue weighted by atomic mass is 19.1. The topological polar surface area (TPSA) is 51.2 Å². The van der Waals surface area contributed by atoms with E-state index in [2.05, 4.69) is 9.64 Å². The number of esters is 1. The molecule has 0 amide bonds. The predicted octanol–water partition coefficient (Wildman–Crippen LogP) is 1.06. The van der Waals surface area contributed by atoms with E-state index in [9.17, 15) is 9.18 Å². The van der Waals surface area contributed by atoms with Crippen LogP contribution in [0, 0.1) is 5.82 Å². The van der Waals surface area contributed by atoms with Crippen molar-refractivity contribution in [3.8, 4) is 0 Å². The summed E-state index contributed by atoms with van der Waals surface area (Å²) < 4.78 is 29.7. The van der Waals surface area contributed by atoms with E-state index < -0.39 is 5.97 Å². The summed E-state index contributed by atoms with van der Waals surface area (Å²) in [6.07, 6.45) is -0.284. The lowest BCUT2D eigenvalue weighted by Gasteiger charge is -2.37. The summed E-state index contributed by atoms with van der Waals surface area (Å²) in [5.74, 6) is -0.804. The zero-order valence-electron chi connectivity index (χ0n) is 12.5. The summed E-state index contributed by atoms with van der Waals surface area (Å²) in [5.41, 5.74) is 0.777. The fourth-order valence-corrected chi connectivity index (χ4v) is 2.73. The summed E-state index contributed by atoms with van der Waals surface area (Å²) >= 11 is 0. The van der Waals surface area contributed by atoms with Crippen molar-refractivity contribution < 1.29 is 23.4 Å². The monoisotopic (exact) mass is 310 g/mol. The molecule has 1 aromatic carbocycles. The van der Waals surface area contributed by atoms with Crippen LogP contribution in [0.25, 0.3) is 0 Å². The van der Waals surface area contributed by atoms with Crippen LogP contribution in [0.2, 0.25) is 0 Å². The number of ether oxygens (including phenoxy) is 3. The molecule has 1 aromatic rings. The van der Waals surface area contributed by atoms with Crippen molar-refractivity contribution in [1.82, 2.24) is 4.90 Å². The fraction of sp³-hybridized carbons (Fsp3) is 0.533. The van der Waals surface area contributed by atoms with Gasteiger partial charge in [0.1, 0.15) is 5.82 Å². The molecule has 2 aliphatic rings. The van der Waals surface area contributed by atoms with Crippen LogP contribution in [0.3, 0.4) is 0 Å². The number of anilines is 1. The van der Waals surface area contributed by atoms with Gasteiger partial charge in [-0.3, -0.25) is 4.90 Å². The molecule has 2 aliphatic heterocycles. The van der Waals surface area contributed by atoms with Crippen LogP contribution >= 0.6 is 0 Å². The summed E-state index contributed by atoms with van der Waals surface area (Å²) in [6, 6.07) is 4.28. The predicted molar refractivity (Wildman–Crippen MR) is 77.2 cm³/mol. The minimum absolute atomic E-state index is 0.284. The van der Waals surface area contributed by atoms with Crippen molar-refractivity contribution in [2.45, 2.75) is 6.41 Å². The van der Waals surface area contributed by atoms with Gasteiger partial charge in [0.05, 0.1) is 31.6 Å². The minimum Gasteiger partial charge on any atom is -0.465 e. The Hall–Kier alpha value is -1.70. The zero-order chi connectivity index (χ0) is 15.5. The van der Waals surface area contributed by atoms with Crippen LogP contribution in [0.4, 0.5) is 10.1 Å². The Labute approximate surface area is 128 Å². The van der Waals surface area contributed by atoms with Gasteiger partial charge in [-0.2, -0.15) is 0 Å². The third kappa shape index (κ3) is 3.06. The maximum Gasteiger partial charge on any atom is 0.337 e. The molecule has 0 saturated carbocycles. The van der Waals surface area contributed by atoms with E-state index in [0.717, 1.165) is 0 Å². The highest BCUT2D eigenvalue weighted by Gasteiger charge is 2.28. The number of benzene rings is 1. The largest absolute Gasteiger partial charge is 0.465 e. The lowest BCUT2D eigenvalue weighted by atomic mass is 10.1. The SMILES string of the molecule is COC(=O)c1ccc(F)c(N2CCN(C3OCCO3)CC2)c1. The number of carbonyl (C=O) groups excluding carboxylic acids is 1. The summed E-state index contributed by atoms with van der Waals surface area (Å²) in [5, 5.41) is 0. The Bertz CT molecular complexity index is 540. The number of hydrogen-bond donors (Lipinski definition) is 0. The molecule has 7 heteroatoms. The van der Waals surface area contributed by atoms with E-state index in [1.807, 2.05) is 4.90 Å². The molecule has 2 fully saturated rings. The maximum absolute atomic E-state index is 14.1. The highest BCUT2D eigenvalue weighted by Crippen LogP contribution is 2.24. The van der Waals surface area contributed by atoms with E-state index in [-0.39, 0.29) is 12.2 Å². The second-order valence-electron chi connectivity index (χ2n) is 5.23. The smallest absolute Gasteiger partial charge is 0.337 e. The van der Waals surface area contributed by atoms with Gasteiger partial charge in [-0.1, -0.05) is 0 Å². The Kier molecular flexibility index (Phi) is 4.56. The van der Waals surface area contributed by atoms with Crippen LogP contribution in [-0.2, 0) is 14.2 Å². The number of carbonyl (C=O) groups is 1. The van der Waals surface area contributed by atoms with Gasteiger partial charge in [-0.25, -0.2) is 9.18 Å². The minimum atomic E-state index is -0.465. The van der Waals surface area contributed by atoms with Crippen molar-refractivity contribution in [2.24, 2.45) is 0 Å². The second-order valence-corrected chi connectivity index (χ2v) is 5.23. The van der Waals surface area contributed by atoms with E-state index in [1.165, 1.54) is 19.2 Å². The molecule has 6 nitrogen and oxygen atoms in total. The molecule has 0 radical (unpaired) electrons. The first-order valence-corrected chi connectivity index (χ1v) is 7.29. The molecule has 0 aliphatic carbocycles. The standard InChI is InChI=1S/C15H19FN2O4/c1-20-14(19)11-2-3-12(16)13(10-11)17-4-6-18(7-5-17)15-21-8-9-22-15/h2-3,10,15H,4-9H2,1H3. The molecule has 0 N–H and O–H groups in total. The van der Waals surface area contributed by atoms with Crippen LogP contribution in [0.15, 0.2) is 18.2 Å². The second kappa shape index (κ2) is 6.60. The molecule has 0 aromatic heterocycles. The third-order valence-corrected chi connectivity index (χ3v) is 3.92. The Morgan fingerprint density at radius 3 is 2.55 bits per heavy atom. The maximum atomic E-state index is 14.1. The molecule has 0 bridgehead atoms. The normalized spacial score (nSPS) is 20.4. The van der Waals surface area contributed by atoms with Crippen molar-refractivity contribution in [2.75, 3.05) is 51.4 Å². The van der Waals surface area contributed by atoms with Crippen molar-refractivity contribution >= 4 is 11.7 Å². The van der Waals surface area contributed by atoms with Crippen LogP contribution < -0.4 is 4.90 Å². The molecular weight excluding hydrogens is 291 g/mol. The molecule has 22 heavy (non-hydrogen) atoms. The number of piperazine rings is 1. The van der Waals surface area contributed by atoms with Gasteiger partial charge in [-0.05, 0) is 18.2 Å². The van der Waals surface area contributed by atoms with Gasteiger partial charge >= 0.3 is 5.97 Å². The number of methoxy groups -OCH3 is 1. The van der Waals surface area contributed by atoms with Crippen LogP contribution in [0.5, 0.6) is 0 Å². The molecule has 3 rings (SSSR count). The summed E-state index contributed by atoms with van der Waals surface area (Å²) in [7, 11) is 1.31. The molecule has 2 heterocycles. The lowest BCUT2D eigenvalue weighted by Crippen LogP contribution is -2.51. The average Bonchev–Trinajstić information content (AvgIpc) is 3.09. The third-order valence-electron chi connectivity index (χ3n) is 3.92. The Morgan fingerprint density at radius 2 is 1.91 bits per heavy atom. The first-order chi connectivity index (χ1) is 10.7. The number of hydrogen-bond acceptors (Lipinski definition) is 6. The molecule has 0 unspecified atom stereocenters. The van der Waals surface area contributed by atoms with E-state index in [4.69, 9.17) is 9.47 Å². The molecular formula is C15H19FN2O4. The van der Waals surface area contributed by atoms with Gasteiger partial charge in [-0.15, -0.1) is 0 Å². The average molecular weight is 310 g/mol. The lowest BCUT2D eigenvalue weighted by molar-refractivity contribution is -0.153.